The summed E-state index contributed by atoms with van der Waals surface area (Å²) >= 11 is 0. The highest BCUT2D eigenvalue weighted by molar-refractivity contribution is 6.09. The van der Waals surface area contributed by atoms with Crippen LogP contribution in [0, 0.1) is 23.0 Å². The largest absolute Gasteiger partial charge is 0.495 e. The average molecular weight is 670 g/mol. The van der Waals surface area contributed by atoms with Crippen LogP contribution >= 0.6 is 0 Å². The van der Waals surface area contributed by atoms with Crippen LogP contribution < -0.4 is 20.1 Å². The number of anilines is 3. The van der Waals surface area contributed by atoms with E-state index in [0.717, 1.165) is 45.5 Å². The number of hydrogen-bond acceptors (Lipinski definition) is 10. The lowest BCUT2D eigenvalue weighted by Gasteiger charge is -2.46. The van der Waals surface area contributed by atoms with E-state index in [9.17, 15) is 18.8 Å². The van der Waals surface area contributed by atoms with Crippen molar-refractivity contribution >= 4 is 34.0 Å². The summed E-state index contributed by atoms with van der Waals surface area (Å²) < 4.78 is 44.7. The predicted molar refractivity (Wildman–Crippen MR) is 182 cm³/mol. The summed E-state index contributed by atoms with van der Waals surface area (Å²) in [6.07, 6.45) is 3.08. The van der Waals surface area contributed by atoms with Crippen LogP contribution in [0.25, 0.3) is 22.0 Å². The highest BCUT2D eigenvalue weighted by Gasteiger charge is 2.34. The molecule has 49 heavy (non-hydrogen) atoms. The number of hydrogen-bond donors (Lipinski definition) is 2. The second-order valence-corrected chi connectivity index (χ2v) is 12.4. The molecule has 2 saturated heterocycles. The quantitative estimate of drug-likeness (QED) is 0.165. The molecule has 1 aromatic heterocycles. The Balaban J connectivity index is 1.26. The average Bonchev–Trinajstić information content (AvgIpc) is 3.06. The maximum Gasteiger partial charge on any atom is 0.266 e. The summed E-state index contributed by atoms with van der Waals surface area (Å²) in [6.45, 7) is 8.94. The third kappa shape index (κ3) is 7.17. The van der Waals surface area contributed by atoms with Gasteiger partial charge < -0.3 is 24.8 Å². The van der Waals surface area contributed by atoms with E-state index in [1.54, 1.807) is 36.4 Å². The van der Waals surface area contributed by atoms with Gasteiger partial charge in [0, 0.05) is 54.8 Å². The normalized spacial score (nSPS) is 16.1. The highest BCUT2D eigenvalue weighted by Crippen LogP contribution is 2.37. The molecule has 3 aromatic carbocycles. The molecule has 11 nitrogen and oxygen atoms in total. The summed E-state index contributed by atoms with van der Waals surface area (Å²) in [5.74, 6) is -0.806. The Morgan fingerprint density at radius 1 is 1.00 bits per heavy atom. The Kier molecular flexibility index (Phi) is 9.73. The number of amides is 1. The van der Waals surface area contributed by atoms with Gasteiger partial charge in [0.05, 0.1) is 50.4 Å². The van der Waals surface area contributed by atoms with Crippen molar-refractivity contribution in [3.63, 3.8) is 0 Å². The number of benzene rings is 3. The standard InChI is InChI=1S/C36H37F2N7O4/c1-36(2,45-11-9-44(10-12-45)25-19-49-20-25)17-23(18-39)35(46)43-31-15-27-29(16-33(31)48-4)40-21-41-34(27)42-30-13-22(5-8-32(30)47-3)26-7-6-24(37)14-28(26)38/h5-8,13-17,21,25H,9-12,19-20H2,1-4H3,(H,43,46)(H,40,41,42)/b23-17-. The third-order valence-corrected chi connectivity index (χ3v) is 9.03. The molecule has 0 saturated carbocycles. The molecular formula is C36H37F2N7O4. The number of piperazine rings is 1. The van der Waals surface area contributed by atoms with Crippen molar-refractivity contribution in [3.8, 4) is 28.7 Å². The van der Waals surface area contributed by atoms with Gasteiger partial charge >= 0.3 is 0 Å². The molecule has 2 aliphatic heterocycles. The summed E-state index contributed by atoms with van der Waals surface area (Å²) in [7, 11) is 2.98. The second kappa shape index (κ2) is 14.1. The number of halogens is 2. The zero-order valence-corrected chi connectivity index (χ0v) is 27.7. The zero-order chi connectivity index (χ0) is 34.7. The first kappa shape index (κ1) is 33.7. The zero-order valence-electron chi connectivity index (χ0n) is 27.7. The number of nitrogens with zero attached hydrogens (tertiary/aromatic N) is 5. The lowest BCUT2D eigenvalue weighted by Crippen LogP contribution is -2.59. The number of fused-ring (bicyclic) bond motifs is 1. The van der Waals surface area contributed by atoms with Gasteiger partial charge in [-0.1, -0.05) is 6.07 Å². The predicted octanol–water partition coefficient (Wildman–Crippen LogP) is 5.52. The molecule has 254 valence electrons. The topological polar surface area (TPSA) is 125 Å². The fraction of sp³-hybridized carbons (Fsp3) is 0.333. The van der Waals surface area contributed by atoms with Gasteiger partial charge in [0.15, 0.2) is 0 Å². The maximum atomic E-state index is 14.6. The molecule has 3 heterocycles. The summed E-state index contributed by atoms with van der Waals surface area (Å²) in [6, 6.07) is 14.3. The van der Waals surface area contributed by atoms with Gasteiger partial charge in [-0.05, 0) is 55.8 Å². The molecule has 2 N–H and O–H groups in total. The molecule has 6 rings (SSSR count). The molecule has 2 fully saturated rings. The van der Waals surface area contributed by atoms with Crippen LogP contribution in [0.1, 0.15) is 13.8 Å². The fourth-order valence-electron chi connectivity index (χ4n) is 6.15. The number of ether oxygens (including phenoxy) is 3. The van der Waals surface area contributed by atoms with Gasteiger partial charge in [-0.3, -0.25) is 14.6 Å². The van der Waals surface area contributed by atoms with Crippen LogP contribution in [0.5, 0.6) is 11.5 Å². The van der Waals surface area contributed by atoms with E-state index in [0.29, 0.717) is 51.2 Å². The van der Waals surface area contributed by atoms with Crippen LogP contribution in [0.3, 0.4) is 0 Å². The van der Waals surface area contributed by atoms with Crippen molar-refractivity contribution in [1.82, 2.24) is 19.8 Å². The van der Waals surface area contributed by atoms with Crippen molar-refractivity contribution in [1.29, 1.82) is 5.26 Å². The molecular weight excluding hydrogens is 632 g/mol. The van der Waals surface area contributed by atoms with Gasteiger partial charge in [0.1, 0.15) is 46.9 Å². The molecule has 0 atom stereocenters. The van der Waals surface area contributed by atoms with E-state index >= 15 is 0 Å². The van der Waals surface area contributed by atoms with E-state index < -0.39 is 23.1 Å². The lowest BCUT2D eigenvalue weighted by molar-refractivity contribution is -0.112. The van der Waals surface area contributed by atoms with Crippen LogP contribution in [0.4, 0.5) is 26.0 Å². The minimum absolute atomic E-state index is 0.0285. The van der Waals surface area contributed by atoms with Crippen LogP contribution in [0.2, 0.25) is 0 Å². The van der Waals surface area contributed by atoms with E-state index in [-0.39, 0.29) is 11.1 Å². The monoisotopic (exact) mass is 669 g/mol. The number of nitrogens with one attached hydrogen (secondary N) is 2. The van der Waals surface area contributed by atoms with Crippen molar-refractivity contribution < 1.29 is 27.8 Å². The van der Waals surface area contributed by atoms with Crippen LogP contribution in [-0.2, 0) is 9.53 Å². The minimum Gasteiger partial charge on any atom is -0.495 e. The number of aromatic nitrogens is 2. The first-order chi connectivity index (χ1) is 23.6. The SMILES string of the molecule is COc1cc2ncnc(Nc3cc(-c4ccc(F)cc4F)ccc3OC)c2cc1NC(=O)/C(C#N)=C\C(C)(C)N1CCN(C2COC2)CC1. The lowest BCUT2D eigenvalue weighted by atomic mass is 9.97. The maximum absolute atomic E-state index is 14.6. The molecule has 0 unspecified atom stereocenters. The summed E-state index contributed by atoms with van der Waals surface area (Å²) in [5.41, 5.74) is 1.41. The highest BCUT2D eigenvalue weighted by atomic mass is 19.1. The van der Waals surface area contributed by atoms with E-state index in [2.05, 4.69) is 36.5 Å². The number of nitriles is 1. The fourth-order valence-corrected chi connectivity index (χ4v) is 6.15. The van der Waals surface area contributed by atoms with E-state index in [1.165, 1.54) is 32.7 Å². The van der Waals surface area contributed by atoms with Gasteiger partial charge in [-0.2, -0.15) is 5.26 Å². The van der Waals surface area contributed by atoms with Crippen LogP contribution in [-0.4, -0.2) is 90.9 Å². The Morgan fingerprint density at radius 3 is 2.41 bits per heavy atom. The first-order valence-electron chi connectivity index (χ1n) is 15.8. The summed E-state index contributed by atoms with van der Waals surface area (Å²) in [5, 5.41) is 16.7. The minimum atomic E-state index is -0.702. The molecule has 1 amide bonds. The molecule has 0 spiro atoms. The molecule has 0 aliphatic carbocycles. The molecule has 0 radical (unpaired) electrons. The van der Waals surface area contributed by atoms with Crippen molar-refractivity contribution in [2.24, 2.45) is 0 Å². The summed E-state index contributed by atoms with van der Waals surface area (Å²) in [4.78, 5) is 27.1. The molecule has 2 aliphatic rings. The van der Waals surface area contributed by atoms with Gasteiger partial charge in [0.2, 0.25) is 0 Å². The number of methoxy groups -OCH3 is 2. The van der Waals surface area contributed by atoms with Gasteiger partial charge in [0.25, 0.3) is 5.91 Å². The Labute approximate surface area is 283 Å². The van der Waals surface area contributed by atoms with Crippen LogP contribution in [0.15, 0.2) is 66.5 Å². The Bertz CT molecular complexity index is 1950. The molecule has 4 aromatic rings. The van der Waals surface area contributed by atoms with Gasteiger partial charge in [-0.15, -0.1) is 0 Å². The smallest absolute Gasteiger partial charge is 0.266 e. The van der Waals surface area contributed by atoms with Crippen molar-refractivity contribution in [3.05, 3.63) is 78.1 Å². The Hall–Kier alpha value is -5.16. The molecule has 0 bridgehead atoms. The van der Waals surface area contributed by atoms with Crippen molar-refractivity contribution in [2.75, 3.05) is 64.2 Å². The third-order valence-electron chi connectivity index (χ3n) is 9.03. The second-order valence-electron chi connectivity index (χ2n) is 12.4. The Morgan fingerprint density at radius 2 is 1.76 bits per heavy atom. The molecule has 13 heteroatoms. The van der Waals surface area contributed by atoms with Gasteiger partial charge in [-0.25, -0.2) is 18.7 Å². The first-order valence-corrected chi connectivity index (χ1v) is 15.8. The number of rotatable bonds is 10. The van der Waals surface area contributed by atoms with E-state index in [1.807, 2.05) is 13.8 Å². The van der Waals surface area contributed by atoms with E-state index in [4.69, 9.17) is 14.2 Å². The number of carbonyl (C=O) groups is 1. The number of carbonyl (C=O) groups excluding carboxylic acids is 1. The van der Waals surface area contributed by atoms with Crippen molar-refractivity contribution in [2.45, 2.75) is 25.4 Å².